The molecule has 3 rings (SSSR count). The molecule has 1 N–H and O–H groups in total. The van der Waals surface area contributed by atoms with Crippen molar-refractivity contribution in [1.29, 1.82) is 0 Å². The molecule has 0 amide bonds. The van der Waals surface area contributed by atoms with E-state index in [-0.39, 0.29) is 5.75 Å². The molecular weight excluding hydrogens is 254 g/mol. The zero-order valence-electron chi connectivity index (χ0n) is 11.2. The Labute approximate surface area is 116 Å². The van der Waals surface area contributed by atoms with E-state index in [0.717, 1.165) is 11.3 Å². The number of phenols is 1. The molecule has 0 aliphatic carbocycles. The summed E-state index contributed by atoms with van der Waals surface area (Å²) in [4.78, 5) is 4.37. The predicted molar refractivity (Wildman–Crippen MR) is 76.1 cm³/mol. The Morgan fingerprint density at radius 2 is 1.95 bits per heavy atom. The number of aromatic nitrogens is 1. The maximum atomic E-state index is 9.41. The van der Waals surface area contributed by atoms with Crippen molar-refractivity contribution >= 4 is 11.1 Å². The second-order valence-corrected chi connectivity index (χ2v) is 4.51. The van der Waals surface area contributed by atoms with Gasteiger partial charge in [0, 0.05) is 12.5 Å². The Balaban J connectivity index is 1.81. The Kier molecular flexibility index (Phi) is 3.29. The van der Waals surface area contributed by atoms with Gasteiger partial charge in [0.15, 0.2) is 11.5 Å². The quantitative estimate of drug-likeness (QED) is 0.787. The lowest BCUT2D eigenvalue weighted by atomic mass is 10.1. The number of hydrogen-bond donors (Lipinski definition) is 1. The van der Waals surface area contributed by atoms with Gasteiger partial charge in [-0.2, -0.15) is 0 Å². The number of fused-ring (bicyclic) bond motifs is 1. The molecule has 0 fully saturated rings. The molecule has 0 saturated heterocycles. The van der Waals surface area contributed by atoms with Crippen molar-refractivity contribution in [3.63, 3.8) is 0 Å². The predicted octanol–water partition coefficient (Wildman–Crippen LogP) is 3.52. The van der Waals surface area contributed by atoms with Crippen molar-refractivity contribution in [2.45, 2.75) is 13.3 Å². The lowest BCUT2D eigenvalue weighted by Gasteiger charge is -2.03. The van der Waals surface area contributed by atoms with E-state index in [4.69, 9.17) is 9.15 Å². The highest BCUT2D eigenvalue weighted by Crippen LogP contribution is 2.22. The zero-order valence-corrected chi connectivity index (χ0v) is 11.2. The molecule has 0 saturated carbocycles. The molecular formula is C16H15NO3. The minimum absolute atomic E-state index is 0.193. The SMILES string of the molecule is CCOc1ccc(Cc2nc3cc(O)ccc3o2)cc1. The summed E-state index contributed by atoms with van der Waals surface area (Å²) in [5.41, 5.74) is 2.46. The molecule has 1 aromatic heterocycles. The molecule has 0 spiro atoms. The third-order valence-corrected chi connectivity index (χ3v) is 3.01. The Bertz CT molecular complexity index is 716. The molecule has 1 heterocycles. The maximum absolute atomic E-state index is 9.41. The first-order valence-corrected chi connectivity index (χ1v) is 6.55. The van der Waals surface area contributed by atoms with Gasteiger partial charge in [0.2, 0.25) is 0 Å². The summed E-state index contributed by atoms with van der Waals surface area (Å²) in [6, 6.07) is 12.8. The van der Waals surface area contributed by atoms with E-state index in [2.05, 4.69) is 4.98 Å². The van der Waals surface area contributed by atoms with Crippen molar-refractivity contribution in [1.82, 2.24) is 4.98 Å². The minimum Gasteiger partial charge on any atom is -0.508 e. The van der Waals surface area contributed by atoms with Gasteiger partial charge in [-0.15, -0.1) is 0 Å². The minimum atomic E-state index is 0.193. The number of phenolic OH excluding ortho intramolecular Hbond substituents is 1. The van der Waals surface area contributed by atoms with E-state index in [1.165, 1.54) is 0 Å². The molecule has 3 aromatic rings. The molecule has 0 radical (unpaired) electrons. The number of aromatic hydroxyl groups is 1. The number of rotatable bonds is 4. The second-order valence-electron chi connectivity index (χ2n) is 4.51. The molecule has 20 heavy (non-hydrogen) atoms. The lowest BCUT2D eigenvalue weighted by Crippen LogP contribution is -1.92. The van der Waals surface area contributed by atoms with Gasteiger partial charge in [-0.05, 0) is 36.8 Å². The molecule has 0 bridgehead atoms. The van der Waals surface area contributed by atoms with Crippen LogP contribution in [-0.4, -0.2) is 16.7 Å². The topological polar surface area (TPSA) is 55.5 Å². The van der Waals surface area contributed by atoms with Crippen LogP contribution in [0.2, 0.25) is 0 Å². The van der Waals surface area contributed by atoms with Crippen LogP contribution in [0.1, 0.15) is 18.4 Å². The molecule has 102 valence electrons. The van der Waals surface area contributed by atoms with E-state index in [1.54, 1.807) is 18.2 Å². The molecule has 4 nitrogen and oxygen atoms in total. The van der Waals surface area contributed by atoms with Crippen LogP contribution in [0.15, 0.2) is 46.9 Å². The number of ether oxygens (including phenoxy) is 1. The fraction of sp³-hybridized carbons (Fsp3) is 0.188. The number of nitrogens with zero attached hydrogens (tertiary/aromatic N) is 1. The third kappa shape index (κ3) is 2.59. The summed E-state index contributed by atoms with van der Waals surface area (Å²) in [5.74, 6) is 1.69. The Morgan fingerprint density at radius 3 is 2.70 bits per heavy atom. The van der Waals surface area contributed by atoms with Gasteiger partial charge in [-0.3, -0.25) is 0 Å². The van der Waals surface area contributed by atoms with Crippen molar-refractivity contribution in [2.75, 3.05) is 6.61 Å². The molecule has 0 atom stereocenters. The average molecular weight is 269 g/mol. The van der Waals surface area contributed by atoms with Crippen LogP contribution in [0.4, 0.5) is 0 Å². The van der Waals surface area contributed by atoms with Gasteiger partial charge in [-0.1, -0.05) is 12.1 Å². The van der Waals surface area contributed by atoms with Gasteiger partial charge >= 0.3 is 0 Å². The molecule has 0 aliphatic rings. The molecule has 0 unspecified atom stereocenters. The third-order valence-electron chi connectivity index (χ3n) is 3.01. The fourth-order valence-electron chi connectivity index (χ4n) is 2.08. The second kappa shape index (κ2) is 5.25. The normalized spacial score (nSPS) is 10.8. The van der Waals surface area contributed by atoms with E-state index >= 15 is 0 Å². The van der Waals surface area contributed by atoms with Crippen molar-refractivity contribution < 1.29 is 14.3 Å². The fourth-order valence-corrected chi connectivity index (χ4v) is 2.08. The van der Waals surface area contributed by atoms with Crippen LogP contribution >= 0.6 is 0 Å². The van der Waals surface area contributed by atoms with Crippen LogP contribution in [0.3, 0.4) is 0 Å². The smallest absolute Gasteiger partial charge is 0.199 e. The van der Waals surface area contributed by atoms with E-state index in [9.17, 15) is 5.11 Å². The van der Waals surface area contributed by atoms with Gasteiger partial charge in [-0.25, -0.2) is 4.98 Å². The Hall–Kier alpha value is -2.49. The number of benzene rings is 2. The summed E-state index contributed by atoms with van der Waals surface area (Å²) >= 11 is 0. The van der Waals surface area contributed by atoms with Gasteiger partial charge in [0.1, 0.15) is 17.0 Å². The van der Waals surface area contributed by atoms with Gasteiger partial charge in [0.05, 0.1) is 6.61 Å². The summed E-state index contributed by atoms with van der Waals surface area (Å²) in [6.07, 6.45) is 0.613. The number of oxazole rings is 1. The monoisotopic (exact) mass is 269 g/mol. The van der Waals surface area contributed by atoms with Gasteiger partial charge < -0.3 is 14.3 Å². The van der Waals surface area contributed by atoms with E-state index in [0.29, 0.717) is 30.0 Å². The summed E-state index contributed by atoms with van der Waals surface area (Å²) in [7, 11) is 0. The summed E-state index contributed by atoms with van der Waals surface area (Å²) < 4.78 is 11.1. The van der Waals surface area contributed by atoms with Crippen LogP contribution < -0.4 is 4.74 Å². The van der Waals surface area contributed by atoms with Crippen LogP contribution in [0.5, 0.6) is 11.5 Å². The summed E-state index contributed by atoms with van der Waals surface area (Å²) in [5, 5.41) is 9.41. The first-order valence-electron chi connectivity index (χ1n) is 6.55. The number of hydrogen-bond acceptors (Lipinski definition) is 4. The first-order chi connectivity index (χ1) is 9.74. The average Bonchev–Trinajstić information content (AvgIpc) is 2.82. The lowest BCUT2D eigenvalue weighted by molar-refractivity contribution is 0.340. The van der Waals surface area contributed by atoms with Crippen molar-refractivity contribution in [3.05, 3.63) is 53.9 Å². The molecule has 2 aromatic carbocycles. The van der Waals surface area contributed by atoms with Crippen molar-refractivity contribution in [3.8, 4) is 11.5 Å². The standard InChI is InChI=1S/C16H15NO3/c1-2-19-13-6-3-11(4-7-13)9-16-17-14-10-12(18)5-8-15(14)20-16/h3-8,10,18H,2,9H2,1H3. The Morgan fingerprint density at radius 1 is 1.15 bits per heavy atom. The maximum Gasteiger partial charge on any atom is 0.199 e. The largest absolute Gasteiger partial charge is 0.508 e. The summed E-state index contributed by atoms with van der Waals surface area (Å²) in [6.45, 7) is 2.62. The highest BCUT2D eigenvalue weighted by Gasteiger charge is 2.07. The van der Waals surface area contributed by atoms with Crippen LogP contribution in [0.25, 0.3) is 11.1 Å². The zero-order chi connectivity index (χ0) is 13.9. The van der Waals surface area contributed by atoms with Gasteiger partial charge in [0.25, 0.3) is 0 Å². The molecule has 4 heteroatoms. The van der Waals surface area contributed by atoms with Crippen molar-refractivity contribution in [2.24, 2.45) is 0 Å². The van der Waals surface area contributed by atoms with Crippen LogP contribution in [0, 0.1) is 0 Å². The van der Waals surface area contributed by atoms with Crippen LogP contribution in [-0.2, 0) is 6.42 Å². The highest BCUT2D eigenvalue weighted by atomic mass is 16.5. The highest BCUT2D eigenvalue weighted by molar-refractivity contribution is 5.74. The van der Waals surface area contributed by atoms with E-state index in [1.807, 2.05) is 31.2 Å². The molecule has 0 aliphatic heterocycles. The first kappa shape index (κ1) is 12.5. The van der Waals surface area contributed by atoms with E-state index < -0.39 is 0 Å².